The van der Waals surface area contributed by atoms with Crippen LogP contribution in [0.25, 0.3) is 0 Å². The van der Waals surface area contributed by atoms with Gasteiger partial charge in [-0.05, 0) is 45.6 Å². The van der Waals surface area contributed by atoms with E-state index in [1.807, 2.05) is 51.1 Å². The summed E-state index contributed by atoms with van der Waals surface area (Å²) in [6.45, 7) is 5.58. The Morgan fingerprint density at radius 1 is 1.10 bits per heavy atom. The van der Waals surface area contributed by atoms with E-state index in [4.69, 9.17) is 14.2 Å². The van der Waals surface area contributed by atoms with Gasteiger partial charge in [0, 0.05) is 24.9 Å². The van der Waals surface area contributed by atoms with E-state index in [0.717, 1.165) is 24.8 Å². The first-order valence-electron chi connectivity index (χ1n) is 10.7. The fourth-order valence-corrected chi connectivity index (χ4v) is 4.54. The van der Waals surface area contributed by atoms with Crippen molar-refractivity contribution in [2.45, 2.75) is 82.7 Å². The number of alkyl carbamates (subject to hydrolysis) is 1. The number of rotatable bonds is 4. The van der Waals surface area contributed by atoms with Crippen LogP contribution in [0.4, 0.5) is 9.59 Å². The Morgan fingerprint density at radius 2 is 1.71 bits per heavy atom. The molecule has 2 aliphatic rings. The van der Waals surface area contributed by atoms with Gasteiger partial charge < -0.3 is 24.4 Å². The lowest BCUT2D eigenvalue weighted by Gasteiger charge is -2.52. The number of methoxy groups -OCH3 is 1. The smallest absolute Gasteiger partial charge is 0.410 e. The standard InChI is InChI=1S/C23H32N2O6/c1-22(2,3)31-21(28)25-17-11-8-12-18(25)14-23(13-17,19(26)29-4)24-20(27)30-15-16-9-6-5-7-10-16/h5-7,9-10,17-18H,8,11-15H2,1-4H3,(H,24,27). The minimum absolute atomic E-state index is 0.0980. The highest BCUT2D eigenvalue weighted by atomic mass is 16.6. The Morgan fingerprint density at radius 3 is 2.26 bits per heavy atom. The van der Waals surface area contributed by atoms with E-state index in [-0.39, 0.29) is 37.6 Å². The molecular weight excluding hydrogens is 400 g/mol. The Bertz CT molecular complexity index is 790. The van der Waals surface area contributed by atoms with Gasteiger partial charge in [0.05, 0.1) is 7.11 Å². The van der Waals surface area contributed by atoms with Gasteiger partial charge in [-0.3, -0.25) is 0 Å². The van der Waals surface area contributed by atoms with E-state index in [2.05, 4.69) is 5.32 Å². The highest BCUT2D eigenvalue weighted by Crippen LogP contribution is 2.40. The molecule has 1 N–H and O–H groups in total. The lowest BCUT2D eigenvalue weighted by molar-refractivity contribution is -0.154. The minimum Gasteiger partial charge on any atom is -0.467 e. The largest absolute Gasteiger partial charge is 0.467 e. The molecule has 31 heavy (non-hydrogen) atoms. The zero-order valence-corrected chi connectivity index (χ0v) is 18.7. The van der Waals surface area contributed by atoms with Gasteiger partial charge >= 0.3 is 18.2 Å². The molecule has 0 saturated carbocycles. The van der Waals surface area contributed by atoms with Crippen LogP contribution in [0.2, 0.25) is 0 Å². The van der Waals surface area contributed by atoms with Crippen LogP contribution >= 0.6 is 0 Å². The number of carbonyl (C=O) groups excluding carboxylic acids is 3. The maximum absolute atomic E-state index is 12.8. The molecule has 3 rings (SSSR count). The summed E-state index contributed by atoms with van der Waals surface area (Å²) in [5.41, 5.74) is -1.00. The summed E-state index contributed by atoms with van der Waals surface area (Å²) in [6, 6.07) is 8.86. The highest BCUT2D eigenvalue weighted by molar-refractivity contribution is 5.86. The second kappa shape index (κ2) is 9.16. The molecule has 0 radical (unpaired) electrons. The van der Waals surface area contributed by atoms with Gasteiger partial charge in [-0.15, -0.1) is 0 Å². The number of amides is 2. The quantitative estimate of drug-likeness (QED) is 0.575. The van der Waals surface area contributed by atoms with Crippen molar-refractivity contribution < 1.29 is 28.6 Å². The Hall–Kier alpha value is -2.77. The van der Waals surface area contributed by atoms with Gasteiger partial charge in [0.15, 0.2) is 0 Å². The first kappa shape index (κ1) is 22.9. The molecule has 2 bridgehead atoms. The number of benzene rings is 1. The summed E-state index contributed by atoms with van der Waals surface area (Å²) >= 11 is 0. The molecule has 2 unspecified atom stereocenters. The highest BCUT2D eigenvalue weighted by Gasteiger charge is 2.54. The first-order valence-corrected chi connectivity index (χ1v) is 10.7. The van der Waals surface area contributed by atoms with Gasteiger partial charge in [0.2, 0.25) is 0 Å². The Kier molecular flexibility index (Phi) is 6.77. The van der Waals surface area contributed by atoms with Crippen LogP contribution in [0.1, 0.15) is 58.4 Å². The average molecular weight is 433 g/mol. The zero-order chi connectivity index (χ0) is 22.6. The maximum Gasteiger partial charge on any atom is 0.410 e. The van der Waals surface area contributed by atoms with E-state index >= 15 is 0 Å². The first-order chi connectivity index (χ1) is 14.6. The van der Waals surface area contributed by atoms with Crippen molar-refractivity contribution in [1.82, 2.24) is 10.2 Å². The molecule has 2 saturated heterocycles. The van der Waals surface area contributed by atoms with Crippen LogP contribution in [0.15, 0.2) is 30.3 Å². The predicted octanol–water partition coefficient (Wildman–Crippen LogP) is 3.78. The van der Waals surface area contributed by atoms with Crippen LogP contribution in [0, 0.1) is 0 Å². The third-order valence-corrected chi connectivity index (χ3v) is 5.76. The summed E-state index contributed by atoms with van der Waals surface area (Å²) in [4.78, 5) is 40.0. The Balaban J connectivity index is 1.74. The molecule has 2 fully saturated rings. The average Bonchev–Trinajstić information content (AvgIpc) is 2.70. The van der Waals surface area contributed by atoms with Crippen molar-refractivity contribution in [2.75, 3.05) is 7.11 Å². The summed E-state index contributed by atoms with van der Waals surface area (Å²) in [5, 5.41) is 2.78. The molecular formula is C23H32N2O6. The monoisotopic (exact) mass is 432 g/mol. The van der Waals surface area contributed by atoms with Gasteiger partial charge in [-0.1, -0.05) is 30.3 Å². The predicted molar refractivity (Wildman–Crippen MR) is 113 cm³/mol. The third kappa shape index (κ3) is 5.48. The lowest BCUT2D eigenvalue weighted by Crippen LogP contribution is -2.68. The van der Waals surface area contributed by atoms with Crippen molar-refractivity contribution in [1.29, 1.82) is 0 Å². The second-order valence-electron chi connectivity index (χ2n) is 9.29. The number of ether oxygens (including phenoxy) is 3. The molecule has 1 aromatic rings. The topological polar surface area (TPSA) is 94.2 Å². The third-order valence-electron chi connectivity index (χ3n) is 5.76. The maximum atomic E-state index is 12.8. The molecule has 2 amide bonds. The number of esters is 1. The van der Waals surface area contributed by atoms with Crippen LogP contribution in [0.5, 0.6) is 0 Å². The van der Waals surface area contributed by atoms with Crippen molar-refractivity contribution in [2.24, 2.45) is 0 Å². The molecule has 8 heteroatoms. The van der Waals surface area contributed by atoms with Crippen molar-refractivity contribution in [3.8, 4) is 0 Å². The number of piperidine rings is 2. The fourth-order valence-electron chi connectivity index (χ4n) is 4.54. The number of carbonyl (C=O) groups is 3. The molecule has 2 aliphatic heterocycles. The summed E-state index contributed by atoms with van der Waals surface area (Å²) in [5.74, 6) is -0.523. The van der Waals surface area contributed by atoms with Crippen molar-refractivity contribution in [3.63, 3.8) is 0 Å². The molecule has 8 nitrogen and oxygen atoms in total. The van der Waals surface area contributed by atoms with E-state index in [1.165, 1.54) is 7.11 Å². The molecule has 1 aromatic carbocycles. The van der Waals surface area contributed by atoms with Gasteiger partial charge in [0.25, 0.3) is 0 Å². The molecule has 0 aromatic heterocycles. The molecule has 0 aliphatic carbocycles. The molecule has 2 atom stereocenters. The SMILES string of the molecule is COC(=O)C1(NC(=O)OCc2ccccc2)CC2CCCC(C1)N2C(=O)OC(C)(C)C. The summed E-state index contributed by atoms with van der Waals surface area (Å²) in [7, 11) is 1.30. The van der Waals surface area contributed by atoms with Crippen molar-refractivity contribution >= 4 is 18.2 Å². The van der Waals surface area contributed by atoms with Gasteiger partial charge in [-0.2, -0.15) is 0 Å². The van der Waals surface area contributed by atoms with Gasteiger partial charge in [0.1, 0.15) is 17.7 Å². The number of nitrogens with zero attached hydrogens (tertiary/aromatic N) is 1. The zero-order valence-electron chi connectivity index (χ0n) is 18.7. The van der Waals surface area contributed by atoms with Crippen molar-refractivity contribution in [3.05, 3.63) is 35.9 Å². The summed E-state index contributed by atoms with van der Waals surface area (Å²) < 4.78 is 16.0. The van der Waals surface area contributed by atoms with E-state index in [0.29, 0.717) is 0 Å². The number of fused-ring (bicyclic) bond motifs is 2. The lowest BCUT2D eigenvalue weighted by atomic mass is 9.73. The number of hydrogen-bond acceptors (Lipinski definition) is 6. The Labute approximate surface area is 183 Å². The normalized spacial score (nSPS) is 25.4. The molecule has 2 heterocycles. The number of hydrogen-bond donors (Lipinski definition) is 1. The van der Waals surface area contributed by atoms with E-state index in [9.17, 15) is 14.4 Å². The fraction of sp³-hybridized carbons (Fsp3) is 0.609. The minimum atomic E-state index is -1.24. The summed E-state index contributed by atoms with van der Waals surface area (Å²) in [6.07, 6.45) is 1.87. The molecule has 170 valence electrons. The van der Waals surface area contributed by atoms with Crippen LogP contribution in [-0.2, 0) is 25.6 Å². The van der Waals surface area contributed by atoms with E-state index < -0.39 is 23.2 Å². The van der Waals surface area contributed by atoms with Gasteiger partial charge in [-0.25, -0.2) is 14.4 Å². The van der Waals surface area contributed by atoms with Crippen LogP contribution < -0.4 is 5.32 Å². The molecule has 0 spiro atoms. The van der Waals surface area contributed by atoms with Crippen LogP contribution in [0.3, 0.4) is 0 Å². The second-order valence-corrected chi connectivity index (χ2v) is 9.29. The van der Waals surface area contributed by atoms with Crippen LogP contribution in [-0.4, -0.2) is 53.4 Å². The number of nitrogens with one attached hydrogen (secondary N) is 1. The van der Waals surface area contributed by atoms with E-state index in [1.54, 1.807) is 4.90 Å².